The van der Waals surface area contributed by atoms with Gasteiger partial charge in [-0.25, -0.2) is 0 Å². The number of amides is 2. The number of carbonyl (C=O) groups is 2. The molecule has 2 saturated carbocycles. The van der Waals surface area contributed by atoms with Crippen molar-refractivity contribution < 1.29 is 9.59 Å². The standard InChI is InChI=1S/C16H21N3O2/c20-15(10-17-13-6-7-13)18-9-11-2-1-3-14(8-11)19-16(21)12-4-5-12/h1-3,8,12-13,17H,4-7,9-10H2,(H,18,20)(H,19,21). The summed E-state index contributed by atoms with van der Waals surface area (Å²) in [4.78, 5) is 23.4. The molecular formula is C16H21N3O2. The fraction of sp³-hybridized carbons (Fsp3) is 0.500. The van der Waals surface area contributed by atoms with Gasteiger partial charge in [-0.15, -0.1) is 0 Å². The van der Waals surface area contributed by atoms with Crippen molar-refractivity contribution in [1.29, 1.82) is 0 Å². The van der Waals surface area contributed by atoms with Crippen LogP contribution in [0.4, 0.5) is 5.69 Å². The fourth-order valence-electron chi connectivity index (χ4n) is 2.14. The summed E-state index contributed by atoms with van der Waals surface area (Å²) in [5, 5.41) is 8.98. The van der Waals surface area contributed by atoms with Gasteiger partial charge in [-0.3, -0.25) is 9.59 Å². The lowest BCUT2D eigenvalue weighted by atomic mass is 10.2. The smallest absolute Gasteiger partial charge is 0.234 e. The van der Waals surface area contributed by atoms with E-state index >= 15 is 0 Å². The molecule has 3 N–H and O–H groups in total. The van der Waals surface area contributed by atoms with Crippen molar-refractivity contribution in [2.75, 3.05) is 11.9 Å². The van der Waals surface area contributed by atoms with Crippen LogP contribution < -0.4 is 16.0 Å². The second kappa shape index (κ2) is 6.26. The topological polar surface area (TPSA) is 70.2 Å². The maximum Gasteiger partial charge on any atom is 0.234 e. The Labute approximate surface area is 124 Å². The summed E-state index contributed by atoms with van der Waals surface area (Å²) in [6, 6.07) is 8.17. The van der Waals surface area contributed by atoms with Gasteiger partial charge in [0, 0.05) is 24.2 Å². The third-order valence-corrected chi connectivity index (χ3v) is 3.76. The van der Waals surface area contributed by atoms with Crippen molar-refractivity contribution in [1.82, 2.24) is 10.6 Å². The average Bonchev–Trinajstić information content (AvgIpc) is 3.37. The highest BCUT2D eigenvalue weighted by Crippen LogP contribution is 2.30. The Morgan fingerprint density at radius 1 is 1.14 bits per heavy atom. The summed E-state index contributed by atoms with van der Waals surface area (Å²) in [5.74, 6) is 0.306. The van der Waals surface area contributed by atoms with Crippen LogP contribution in [0.5, 0.6) is 0 Å². The van der Waals surface area contributed by atoms with Gasteiger partial charge in [-0.05, 0) is 43.4 Å². The molecule has 0 saturated heterocycles. The van der Waals surface area contributed by atoms with Gasteiger partial charge in [0.25, 0.3) is 0 Å². The number of rotatable bonds is 7. The zero-order valence-electron chi connectivity index (χ0n) is 12.0. The van der Waals surface area contributed by atoms with Crippen molar-refractivity contribution in [2.45, 2.75) is 38.3 Å². The minimum absolute atomic E-state index is 0.00863. The molecule has 1 aromatic carbocycles. The molecule has 2 fully saturated rings. The molecule has 0 unspecified atom stereocenters. The van der Waals surface area contributed by atoms with E-state index in [2.05, 4.69) is 16.0 Å². The van der Waals surface area contributed by atoms with E-state index in [9.17, 15) is 9.59 Å². The molecular weight excluding hydrogens is 266 g/mol. The minimum Gasteiger partial charge on any atom is -0.351 e. The molecule has 21 heavy (non-hydrogen) atoms. The Morgan fingerprint density at radius 2 is 1.95 bits per heavy atom. The van der Waals surface area contributed by atoms with E-state index in [0.29, 0.717) is 19.1 Å². The molecule has 112 valence electrons. The third-order valence-electron chi connectivity index (χ3n) is 3.76. The van der Waals surface area contributed by atoms with Crippen LogP contribution in [0.3, 0.4) is 0 Å². The van der Waals surface area contributed by atoms with Gasteiger partial charge in [-0.2, -0.15) is 0 Å². The van der Waals surface area contributed by atoms with E-state index in [4.69, 9.17) is 0 Å². The van der Waals surface area contributed by atoms with Crippen LogP contribution in [0.1, 0.15) is 31.2 Å². The Bertz CT molecular complexity index is 536. The summed E-state index contributed by atoms with van der Waals surface area (Å²) in [7, 11) is 0. The lowest BCUT2D eigenvalue weighted by Gasteiger charge is -2.09. The van der Waals surface area contributed by atoms with Crippen LogP contribution >= 0.6 is 0 Å². The third kappa shape index (κ3) is 4.56. The fourth-order valence-corrected chi connectivity index (χ4v) is 2.14. The highest BCUT2D eigenvalue weighted by molar-refractivity contribution is 5.94. The van der Waals surface area contributed by atoms with E-state index in [0.717, 1.165) is 24.1 Å². The van der Waals surface area contributed by atoms with E-state index in [1.165, 1.54) is 12.8 Å². The second-order valence-electron chi connectivity index (χ2n) is 5.90. The van der Waals surface area contributed by atoms with Gasteiger partial charge in [0.2, 0.25) is 11.8 Å². The number of nitrogens with one attached hydrogen (secondary N) is 3. The second-order valence-corrected chi connectivity index (χ2v) is 5.90. The van der Waals surface area contributed by atoms with Crippen LogP contribution in [0.15, 0.2) is 24.3 Å². The molecule has 0 radical (unpaired) electrons. The van der Waals surface area contributed by atoms with Crippen LogP contribution in [0.25, 0.3) is 0 Å². The summed E-state index contributed by atoms with van der Waals surface area (Å²) >= 11 is 0. The van der Waals surface area contributed by atoms with Gasteiger partial charge >= 0.3 is 0 Å². The molecule has 3 rings (SSSR count). The molecule has 1 aromatic rings. The first kappa shape index (κ1) is 14.1. The first-order valence-corrected chi connectivity index (χ1v) is 7.60. The molecule has 5 heteroatoms. The molecule has 0 bridgehead atoms. The molecule has 2 amide bonds. The summed E-state index contributed by atoms with van der Waals surface area (Å²) < 4.78 is 0. The summed E-state index contributed by atoms with van der Waals surface area (Å²) in [5.41, 5.74) is 1.79. The molecule has 2 aliphatic rings. The first-order valence-electron chi connectivity index (χ1n) is 7.60. The molecule has 5 nitrogen and oxygen atoms in total. The van der Waals surface area contributed by atoms with Gasteiger partial charge in [-0.1, -0.05) is 12.1 Å². The predicted octanol–water partition coefficient (Wildman–Crippen LogP) is 1.40. The number of anilines is 1. The normalized spacial score (nSPS) is 17.3. The lowest BCUT2D eigenvalue weighted by molar-refractivity contribution is -0.120. The number of hydrogen-bond donors (Lipinski definition) is 3. The molecule has 0 spiro atoms. The zero-order valence-corrected chi connectivity index (χ0v) is 12.0. The van der Waals surface area contributed by atoms with Crippen molar-refractivity contribution in [3.8, 4) is 0 Å². The Balaban J connectivity index is 1.45. The first-order chi connectivity index (χ1) is 10.2. The maximum atomic E-state index is 11.7. The van der Waals surface area contributed by atoms with Gasteiger partial charge in [0.1, 0.15) is 0 Å². The van der Waals surface area contributed by atoms with Crippen molar-refractivity contribution >= 4 is 17.5 Å². The molecule has 0 aliphatic heterocycles. The average molecular weight is 287 g/mol. The van der Waals surface area contributed by atoms with E-state index in [-0.39, 0.29) is 17.7 Å². The summed E-state index contributed by atoms with van der Waals surface area (Å²) in [6.07, 6.45) is 4.34. The van der Waals surface area contributed by atoms with E-state index in [1.54, 1.807) is 0 Å². The number of hydrogen-bond acceptors (Lipinski definition) is 3. The SMILES string of the molecule is O=C(CNC1CC1)NCc1cccc(NC(=O)C2CC2)c1. The molecule has 0 atom stereocenters. The van der Waals surface area contributed by atoms with E-state index in [1.807, 2.05) is 24.3 Å². The van der Waals surface area contributed by atoms with E-state index < -0.39 is 0 Å². The van der Waals surface area contributed by atoms with Crippen LogP contribution in [-0.2, 0) is 16.1 Å². The van der Waals surface area contributed by atoms with Crippen LogP contribution in [0.2, 0.25) is 0 Å². The predicted molar refractivity (Wildman–Crippen MR) is 80.7 cm³/mol. The highest BCUT2D eigenvalue weighted by Gasteiger charge is 2.29. The minimum atomic E-state index is 0.00863. The van der Waals surface area contributed by atoms with Crippen molar-refractivity contribution in [2.24, 2.45) is 5.92 Å². The van der Waals surface area contributed by atoms with Crippen molar-refractivity contribution in [3.05, 3.63) is 29.8 Å². The van der Waals surface area contributed by atoms with Crippen LogP contribution in [-0.4, -0.2) is 24.4 Å². The van der Waals surface area contributed by atoms with Gasteiger partial charge in [0.05, 0.1) is 6.54 Å². The lowest BCUT2D eigenvalue weighted by Crippen LogP contribution is -2.34. The maximum absolute atomic E-state index is 11.7. The van der Waals surface area contributed by atoms with Crippen molar-refractivity contribution in [3.63, 3.8) is 0 Å². The Morgan fingerprint density at radius 3 is 2.67 bits per heavy atom. The molecule has 0 aromatic heterocycles. The molecule has 2 aliphatic carbocycles. The van der Waals surface area contributed by atoms with Gasteiger partial charge in [0.15, 0.2) is 0 Å². The number of carbonyl (C=O) groups excluding carboxylic acids is 2. The highest BCUT2D eigenvalue weighted by atomic mass is 16.2. The largest absolute Gasteiger partial charge is 0.351 e. The summed E-state index contributed by atoms with van der Waals surface area (Å²) in [6.45, 7) is 0.862. The Kier molecular flexibility index (Phi) is 4.20. The quantitative estimate of drug-likeness (QED) is 0.710. The van der Waals surface area contributed by atoms with Gasteiger partial charge < -0.3 is 16.0 Å². The zero-order chi connectivity index (χ0) is 14.7. The monoisotopic (exact) mass is 287 g/mol. The van der Waals surface area contributed by atoms with Crippen LogP contribution in [0, 0.1) is 5.92 Å². The Hall–Kier alpha value is -1.88. The molecule has 0 heterocycles. The number of benzene rings is 1.